The predicted octanol–water partition coefficient (Wildman–Crippen LogP) is 3.93. The summed E-state index contributed by atoms with van der Waals surface area (Å²) in [4.78, 5) is 11.7. The first-order valence-corrected chi connectivity index (χ1v) is 6.06. The second-order valence-corrected chi connectivity index (χ2v) is 4.29. The van der Waals surface area contributed by atoms with Gasteiger partial charge in [-0.15, -0.1) is 0 Å². The van der Waals surface area contributed by atoms with Crippen LogP contribution in [0.1, 0.15) is 16.7 Å². The van der Waals surface area contributed by atoms with Crippen LogP contribution in [0.25, 0.3) is 0 Å². The highest BCUT2D eigenvalue weighted by atomic mass is 16.5. The zero-order valence-electron chi connectivity index (χ0n) is 10.8. The third-order valence-electron chi connectivity index (χ3n) is 2.86. The molecule has 1 amide bonds. The lowest BCUT2D eigenvalue weighted by molar-refractivity contribution is 0.155. The Morgan fingerprint density at radius 2 is 1.89 bits per heavy atom. The van der Waals surface area contributed by atoms with E-state index in [4.69, 9.17) is 4.74 Å². The maximum absolute atomic E-state index is 11.7. The molecule has 2 aromatic carbocycles. The number of rotatable bonds is 3. The average molecular weight is 254 g/mol. The molecule has 1 radical (unpaired) electrons. The Morgan fingerprint density at radius 3 is 2.63 bits per heavy atom. The molecule has 0 aliphatic rings. The van der Waals surface area contributed by atoms with Gasteiger partial charge in [0.15, 0.2) is 0 Å². The van der Waals surface area contributed by atoms with Crippen molar-refractivity contribution < 1.29 is 9.53 Å². The minimum atomic E-state index is -0.473. The first-order chi connectivity index (χ1) is 9.16. The summed E-state index contributed by atoms with van der Waals surface area (Å²) in [5.74, 6) is 0. The standard InChI is InChI=1S/C16H16NO2/c1-12-7-6-10-15(13(12)2)17-16(18)19-11-14-8-4-3-5-9-14/h3-10H,2,11H2,1H3,(H,17,18). The molecule has 0 heterocycles. The van der Waals surface area contributed by atoms with Crippen molar-refractivity contribution in [2.24, 2.45) is 0 Å². The van der Waals surface area contributed by atoms with Gasteiger partial charge in [-0.2, -0.15) is 0 Å². The number of aryl methyl sites for hydroxylation is 1. The van der Waals surface area contributed by atoms with E-state index in [0.29, 0.717) is 5.69 Å². The number of carbonyl (C=O) groups is 1. The molecule has 0 unspecified atom stereocenters. The highest BCUT2D eigenvalue weighted by molar-refractivity contribution is 5.86. The van der Waals surface area contributed by atoms with Crippen molar-refractivity contribution in [3.8, 4) is 0 Å². The molecule has 3 heteroatoms. The molecule has 1 N–H and O–H groups in total. The normalized spacial score (nSPS) is 10.0. The number of nitrogens with one attached hydrogen (secondary N) is 1. The van der Waals surface area contributed by atoms with Gasteiger partial charge in [0, 0.05) is 5.69 Å². The Morgan fingerprint density at radius 1 is 1.16 bits per heavy atom. The number of anilines is 1. The molecule has 0 saturated carbocycles. The number of amides is 1. The lowest BCUT2D eigenvalue weighted by Crippen LogP contribution is -2.14. The lowest BCUT2D eigenvalue weighted by atomic mass is 10.1. The Bertz CT molecular complexity index is 564. The molecule has 0 bridgehead atoms. The number of carbonyl (C=O) groups excluding carboxylic acids is 1. The minimum absolute atomic E-state index is 0.255. The summed E-state index contributed by atoms with van der Waals surface area (Å²) in [6, 6.07) is 15.2. The summed E-state index contributed by atoms with van der Waals surface area (Å²) in [7, 11) is 0. The van der Waals surface area contributed by atoms with Gasteiger partial charge in [0.05, 0.1) is 0 Å². The monoisotopic (exact) mass is 254 g/mol. The van der Waals surface area contributed by atoms with Crippen LogP contribution in [0.15, 0.2) is 48.5 Å². The van der Waals surface area contributed by atoms with Crippen molar-refractivity contribution in [2.75, 3.05) is 5.32 Å². The first kappa shape index (κ1) is 13.1. The fourth-order valence-electron chi connectivity index (χ4n) is 1.69. The summed E-state index contributed by atoms with van der Waals surface area (Å²) >= 11 is 0. The Kier molecular flexibility index (Phi) is 4.18. The zero-order chi connectivity index (χ0) is 13.7. The van der Waals surface area contributed by atoms with E-state index in [-0.39, 0.29) is 6.61 Å². The molecular weight excluding hydrogens is 238 g/mol. The van der Waals surface area contributed by atoms with Crippen LogP contribution in [-0.4, -0.2) is 6.09 Å². The number of ether oxygens (including phenoxy) is 1. The van der Waals surface area contributed by atoms with E-state index in [1.807, 2.05) is 49.4 Å². The number of hydrogen-bond donors (Lipinski definition) is 1. The van der Waals surface area contributed by atoms with Crippen molar-refractivity contribution in [2.45, 2.75) is 13.5 Å². The molecule has 0 spiro atoms. The molecule has 0 aromatic heterocycles. The van der Waals surface area contributed by atoms with E-state index in [0.717, 1.165) is 16.7 Å². The molecule has 97 valence electrons. The third-order valence-corrected chi connectivity index (χ3v) is 2.86. The second kappa shape index (κ2) is 6.05. The van der Waals surface area contributed by atoms with Gasteiger partial charge in [-0.1, -0.05) is 42.5 Å². The van der Waals surface area contributed by atoms with Crippen LogP contribution in [0.3, 0.4) is 0 Å². The number of hydrogen-bond acceptors (Lipinski definition) is 2. The molecule has 0 aliphatic carbocycles. The molecule has 0 atom stereocenters. The zero-order valence-corrected chi connectivity index (χ0v) is 10.8. The maximum atomic E-state index is 11.7. The van der Waals surface area contributed by atoms with E-state index in [1.54, 1.807) is 6.07 Å². The van der Waals surface area contributed by atoms with Gasteiger partial charge in [-0.3, -0.25) is 5.32 Å². The van der Waals surface area contributed by atoms with E-state index in [1.165, 1.54) is 0 Å². The van der Waals surface area contributed by atoms with E-state index in [9.17, 15) is 4.79 Å². The summed E-state index contributed by atoms with van der Waals surface area (Å²) in [5.41, 5.74) is 3.47. The van der Waals surface area contributed by atoms with Crippen LogP contribution in [0.2, 0.25) is 0 Å². The van der Waals surface area contributed by atoms with Crippen molar-refractivity contribution in [1.29, 1.82) is 0 Å². The summed E-state index contributed by atoms with van der Waals surface area (Å²) in [6.45, 7) is 6.12. The molecule has 0 aliphatic heterocycles. The van der Waals surface area contributed by atoms with Gasteiger partial charge >= 0.3 is 6.09 Å². The quantitative estimate of drug-likeness (QED) is 0.901. The van der Waals surface area contributed by atoms with Crippen LogP contribution in [-0.2, 0) is 11.3 Å². The topological polar surface area (TPSA) is 38.3 Å². The van der Waals surface area contributed by atoms with Gasteiger partial charge in [-0.25, -0.2) is 4.79 Å². The van der Waals surface area contributed by atoms with Crippen molar-refractivity contribution in [1.82, 2.24) is 0 Å². The molecule has 2 aromatic rings. The lowest BCUT2D eigenvalue weighted by Gasteiger charge is -2.10. The molecular formula is C16H16NO2. The predicted molar refractivity (Wildman–Crippen MR) is 75.9 cm³/mol. The van der Waals surface area contributed by atoms with Crippen LogP contribution >= 0.6 is 0 Å². The van der Waals surface area contributed by atoms with Gasteiger partial charge in [-0.05, 0) is 36.6 Å². The highest BCUT2D eigenvalue weighted by Crippen LogP contribution is 2.18. The van der Waals surface area contributed by atoms with Gasteiger partial charge < -0.3 is 4.74 Å². The third kappa shape index (κ3) is 3.58. The fraction of sp³-hybridized carbons (Fsp3) is 0.125. The van der Waals surface area contributed by atoms with Crippen LogP contribution in [0.5, 0.6) is 0 Å². The Hall–Kier alpha value is -2.29. The SMILES string of the molecule is [CH2]c1c(C)cccc1NC(=O)OCc1ccccc1. The van der Waals surface area contributed by atoms with Gasteiger partial charge in [0.1, 0.15) is 6.61 Å². The number of benzene rings is 2. The molecule has 19 heavy (non-hydrogen) atoms. The largest absolute Gasteiger partial charge is 0.444 e. The Labute approximate surface area is 113 Å². The van der Waals surface area contributed by atoms with Gasteiger partial charge in [0.2, 0.25) is 0 Å². The average Bonchev–Trinajstić information content (AvgIpc) is 2.43. The fourth-order valence-corrected chi connectivity index (χ4v) is 1.69. The molecule has 0 fully saturated rings. The maximum Gasteiger partial charge on any atom is 0.411 e. The van der Waals surface area contributed by atoms with E-state index in [2.05, 4.69) is 12.2 Å². The summed E-state index contributed by atoms with van der Waals surface area (Å²) in [6.07, 6.45) is -0.473. The molecule has 3 nitrogen and oxygen atoms in total. The van der Waals surface area contributed by atoms with Crippen LogP contribution < -0.4 is 5.32 Å². The van der Waals surface area contributed by atoms with Crippen molar-refractivity contribution >= 4 is 11.8 Å². The summed E-state index contributed by atoms with van der Waals surface area (Å²) in [5, 5.41) is 2.70. The van der Waals surface area contributed by atoms with E-state index < -0.39 is 6.09 Å². The van der Waals surface area contributed by atoms with E-state index >= 15 is 0 Å². The summed E-state index contributed by atoms with van der Waals surface area (Å²) < 4.78 is 5.15. The second-order valence-electron chi connectivity index (χ2n) is 4.29. The Balaban J connectivity index is 1.93. The minimum Gasteiger partial charge on any atom is -0.444 e. The van der Waals surface area contributed by atoms with Gasteiger partial charge in [0.25, 0.3) is 0 Å². The van der Waals surface area contributed by atoms with Crippen molar-refractivity contribution in [3.63, 3.8) is 0 Å². The van der Waals surface area contributed by atoms with Crippen LogP contribution in [0, 0.1) is 13.8 Å². The molecule has 0 saturated heterocycles. The van der Waals surface area contributed by atoms with Crippen molar-refractivity contribution in [3.05, 3.63) is 72.1 Å². The highest BCUT2D eigenvalue weighted by Gasteiger charge is 2.06. The first-order valence-electron chi connectivity index (χ1n) is 6.06. The van der Waals surface area contributed by atoms with Crippen LogP contribution in [0.4, 0.5) is 10.5 Å². The smallest absolute Gasteiger partial charge is 0.411 e. The molecule has 2 rings (SSSR count).